The number of hydrogen-bond acceptors (Lipinski definition) is 3. The lowest BCUT2D eigenvalue weighted by molar-refractivity contribution is 0.339. The van der Waals surface area contributed by atoms with E-state index in [1.165, 1.54) is 16.7 Å². The van der Waals surface area contributed by atoms with Crippen molar-refractivity contribution in [2.75, 3.05) is 6.61 Å². The SMILES string of the molecule is CCOc1ccc(C)cc1C(S)=C(S)c1c(C)cccc1C. The molecule has 3 heteroatoms. The van der Waals surface area contributed by atoms with Crippen molar-refractivity contribution >= 4 is 35.1 Å². The first-order chi connectivity index (χ1) is 10.5. The van der Waals surface area contributed by atoms with E-state index in [0.717, 1.165) is 26.7 Å². The van der Waals surface area contributed by atoms with Crippen LogP contribution in [0, 0.1) is 20.8 Å². The third kappa shape index (κ3) is 3.53. The van der Waals surface area contributed by atoms with Gasteiger partial charge in [0.15, 0.2) is 0 Å². The van der Waals surface area contributed by atoms with Crippen LogP contribution in [0.1, 0.15) is 34.7 Å². The van der Waals surface area contributed by atoms with E-state index in [1.54, 1.807) is 0 Å². The highest BCUT2D eigenvalue weighted by atomic mass is 32.1. The molecular weight excluding hydrogens is 308 g/mol. The van der Waals surface area contributed by atoms with Crippen LogP contribution in [0.25, 0.3) is 9.81 Å². The maximum absolute atomic E-state index is 5.74. The van der Waals surface area contributed by atoms with Crippen molar-refractivity contribution in [2.24, 2.45) is 0 Å². The van der Waals surface area contributed by atoms with Crippen molar-refractivity contribution < 1.29 is 4.74 Å². The molecule has 0 radical (unpaired) electrons. The van der Waals surface area contributed by atoms with Crippen LogP contribution in [-0.4, -0.2) is 6.61 Å². The minimum absolute atomic E-state index is 0.627. The molecule has 0 aromatic heterocycles. The zero-order chi connectivity index (χ0) is 16.3. The van der Waals surface area contributed by atoms with Crippen molar-refractivity contribution in [1.82, 2.24) is 0 Å². The van der Waals surface area contributed by atoms with E-state index in [4.69, 9.17) is 30.0 Å². The molecule has 0 saturated carbocycles. The molecule has 0 unspecified atom stereocenters. The van der Waals surface area contributed by atoms with Gasteiger partial charge in [0, 0.05) is 15.4 Å². The number of thiol groups is 2. The zero-order valence-corrected chi connectivity index (χ0v) is 15.3. The van der Waals surface area contributed by atoms with Gasteiger partial charge in [-0.1, -0.05) is 29.8 Å². The summed E-state index contributed by atoms with van der Waals surface area (Å²) in [5.74, 6) is 0.843. The third-order valence-electron chi connectivity index (χ3n) is 3.63. The fraction of sp³-hybridized carbons (Fsp3) is 0.263. The number of ether oxygens (including phenoxy) is 1. The Balaban J connectivity index is 2.63. The Morgan fingerprint density at radius 3 is 2.18 bits per heavy atom. The van der Waals surface area contributed by atoms with Crippen LogP contribution in [0.15, 0.2) is 36.4 Å². The van der Waals surface area contributed by atoms with Gasteiger partial charge in [0.2, 0.25) is 0 Å². The van der Waals surface area contributed by atoms with Crippen LogP contribution in [0.4, 0.5) is 0 Å². The van der Waals surface area contributed by atoms with Gasteiger partial charge in [-0.15, -0.1) is 25.3 Å². The number of benzene rings is 2. The monoisotopic (exact) mass is 330 g/mol. The molecule has 0 bridgehead atoms. The van der Waals surface area contributed by atoms with Gasteiger partial charge >= 0.3 is 0 Å². The second-order valence-electron chi connectivity index (χ2n) is 5.40. The summed E-state index contributed by atoms with van der Waals surface area (Å²) in [6.45, 7) is 8.87. The molecule has 22 heavy (non-hydrogen) atoms. The summed E-state index contributed by atoms with van der Waals surface area (Å²) in [6, 6.07) is 12.4. The lowest BCUT2D eigenvalue weighted by atomic mass is 10.0. The molecule has 2 aromatic carbocycles. The lowest BCUT2D eigenvalue weighted by Crippen LogP contribution is -1.97. The standard InChI is InChI=1S/C19H22OS2/c1-5-20-16-10-9-12(2)11-15(16)18(21)19(22)17-13(3)7-6-8-14(17)4/h6-11,21-22H,5H2,1-4H3. The molecule has 0 atom stereocenters. The first-order valence-corrected chi connectivity index (χ1v) is 8.27. The van der Waals surface area contributed by atoms with E-state index < -0.39 is 0 Å². The molecular formula is C19H22OS2. The highest BCUT2D eigenvalue weighted by Gasteiger charge is 2.14. The molecule has 0 aliphatic heterocycles. The molecule has 0 aliphatic rings. The minimum Gasteiger partial charge on any atom is -0.493 e. The molecule has 1 nitrogen and oxygen atoms in total. The Morgan fingerprint density at radius 2 is 1.59 bits per heavy atom. The van der Waals surface area contributed by atoms with Crippen LogP contribution < -0.4 is 4.74 Å². The lowest BCUT2D eigenvalue weighted by Gasteiger charge is -2.16. The molecule has 0 spiro atoms. The predicted molar refractivity (Wildman–Crippen MR) is 103 cm³/mol. The van der Waals surface area contributed by atoms with Crippen LogP contribution >= 0.6 is 25.3 Å². The highest BCUT2D eigenvalue weighted by Crippen LogP contribution is 2.39. The number of hydrogen-bond donors (Lipinski definition) is 2. The van der Waals surface area contributed by atoms with Gasteiger partial charge in [0.05, 0.1) is 6.61 Å². The van der Waals surface area contributed by atoms with Crippen LogP contribution in [0.5, 0.6) is 5.75 Å². The van der Waals surface area contributed by atoms with Gasteiger partial charge in [-0.25, -0.2) is 0 Å². The van der Waals surface area contributed by atoms with E-state index in [9.17, 15) is 0 Å². The van der Waals surface area contributed by atoms with Crippen molar-refractivity contribution in [1.29, 1.82) is 0 Å². The van der Waals surface area contributed by atoms with Crippen LogP contribution in [-0.2, 0) is 0 Å². The molecule has 0 aliphatic carbocycles. The summed E-state index contributed by atoms with van der Waals surface area (Å²) in [6.07, 6.45) is 0. The van der Waals surface area contributed by atoms with Gasteiger partial charge in [-0.3, -0.25) is 0 Å². The summed E-state index contributed by atoms with van der Waals surface area (Å²) in [4.78, 5) is 1.72. The van der Waals surface area contributed by atoms with Crippen molar-refractivity contribution in [3.8, 4) is 5.75 Å². The van der Waals surface area contributed by atoms with Crippen molar-refractivity contribution in [2.45, 2.75) is 27.7 Å². The zero-order valence-electron chi connectivity index (χ0n) is 13.5. The van der Waals surface area contributed by atoms with E-state index in [-0.39, 0.29) is 0 Å². The Kier molecular flexibility index (Phi) is 5.65. The van der Waals surface area contributed by atoms with Crippen molar-refractivity contribution in [3.05, 3.63) is 64.2 Å². The van der Waals surface area contributed by atoms with E-state index >= 15 is 0 Å². The molecule has 0 amide bonds. The van der Waals surface area contributed by atoms with Gasteiger partial charge in [-0.2, -0.15) is 0 Å². The maximum Gasteiger partial charge on any atom is 0.127 e. The average molecular weight is 331 g/mol. The van der Waals surface area contributed by atoms with E-state index in [2.05, 4.69) is 45.0 Å². The average Bonchev–Trinajstić information content (AvgIpc) is 2.48. The van der Waals surface area contributed by atoms with Gasteiger partial charge < -0.3 is 4.74 Å². The van der Waals surface area contributed by atoms with E-state index in [1.807, 2.05) is 19.1 Å². The maximum atomic E-state index is 5.74. The second kappa shape index (κ2) is 7.30. The van der Waals surface area contributed by atoms with Crippen LogP contribution in [0.3, 0.4) is 0 Å². The van der Waals surface area contributed by atoms with Crippen molar-refractivity contribution in [3.63, 3.8) is 0 Å². The fourth-order valence-electron chi connectivity index (χ4n) is 2.54. The minimum atomic E-state index is 0.627. The quantitative estimate of drug-likeness (QED) is 0.540. The molecule has 2 aromatic rings. The van der Waals surface area contributed by atoms with Crippen LogP contribution in [0.2, 0.25) is 0 Å². The van der Waals surface area contributed by atoms with Gasteiger partial charge in [-0.05, 0) is 56.5 Å². The molecule has 0 N–H and O–H groups in total. The summed E-state index contributed by atoms with van der Waals surface area (Å²) >= 11 is 9.52. The third-order valence-corrected chi connectivity index (χ3v) is 4.72. The number of aryl methyl sites for hydroxylation is 3. The molecule has 0 heterocycles. The van der Waals surface area contributed by atoms with Gasteiger partial charge in [0.1, 0.15) is 5.75 Å². The molecule has 116 valence electrons. The fourth-order valence-corrected chi connectivity index (χ4v) is 3.30. The summed E-state index contributed by atoms with van der Waals surface area (Å²) in [5.41, 5.74) is 5.69. The Labute approximate surface area is 144 Å². The predicted octanol–water partition coefficient (Wildman–Crippen LogP) is 5.70. The number of rotatable bonds is 4. The summed E-state index contributed by atoms with van der Waals surface area (Å²) in [7, 11) is 0. The second-order valence-corrected chi connectivity index (χ2v) is 6.29. The Bertz CT molecular complexity index is 697. The highest BCUT2D eigenvalue weighted by molar-refractivity contribution is 7.96. The normalized spacial score (nSPS) is 12.1. The largest absolute Gasteiger partial charge is 0.493 e. The Hall–Kier alpha value is -1.32. The smallest absolute Gasteiger partial charge is 0.127 e. The summed E-state index contributed by atoms with van der Waals surface area (Å²) in [5, 5.41) is 0. The Morgan fingerprint density at radius 1 is 0.955 bits per heavy atom. The first-order valence-electron chi connectivity index (χ1n) is 7.38. The molecule has 0 saturated heterocycles. The topological polar surface area (TPSA) is 9.23 Å². The first kappa shape index (κ1) is 17.0. The van der Waals surface area contributed by atoms with Gasteiger partial charge in [0.25, 0.3) is 0 Å². The molecule has 0 fully saturated rings. The summed E-state index contributed by atoms with van der Waals surface area (Å²) < 4.78 is 5.74. The van der Waals surface area contributed by atoms with E-state index in [0.29, 0.717) is 6.61 Å². The molecule has 2 rings (SSSR count).